The highest BCUT2D eigenvalue weighted by Crippen LogP contribution is 2.22. The molecule has 0 radical (unpaired) electrons. The van der Waals surface area contributed by atoms with Gasteiger partial charge in [0, 0.05) is 16.6 Å². The van der Waals surface area contributed by atoms with Crippen LogP contribution in [0.4, 0.5) is 10.5 Å². The van der Waals surface area contributed by atoms with Gasteiger partial charge in [-0.25, -0.2) is 4.79 Å². The molecular formula is C13H13BrN2O3. The van der Waals surface area contributed by atoms with Crippen LogP contribution >= 0.6 is 15.9 Å². The Morgan fingerprint density at radius 2 is 2.05 bits per heavy atom. The highest BCUT2D eigenvalue weighted by molar-refractivity contribution is 9.10. The number of benzene rings is 1. The first-order chi connectivity index (χ1) is 9.08. The smallest absolute Gasteiger partial charge is 0.407 e. The molecule has 1 heterocycles. The molecule has 0 fully saturated rings. The molecule has 19 heavy (non-hydrogen) atoms. The van der Waals surface area contributed by atoms with E-state index in [1.165, 1.54) is 4.90 Å². The maximum atomic E-state index is 12.1. The van der Waals surface area contributed by atoms with E-state index in [0.29, 0.717) is 24.2 Å². The van der Waals surface area contributed by atoms with Crippen LogP contribution in [0.15, 0.2) is 40.4 Å². The molecule has 0 aliphatic carbocycles. The fourth-order valence-electron chi connectivity index (χ4n) is 1.84. The molecule has 1 aliphatic rings. The molecule has 1 aliphatic heterocycles. The topological polar surface area (TPSA) is 69.6 Å². The number of para-hydroxylation sites is 1. The Morgan fingerprint density at radius 3 is 2.74 bits per heavy atom. The van der Waals surface area contributed by atoms with Crippen LogP contribution in [0, 0.1) is 0 Å². The second kappa shape index (κ2) is 5.88. The highest BCUT2D eigenvalue weighted by Gasteiger charge is 2.21. The molecule has 0 spiro atoms. The molecule has 0 bridgehead atoms. The molecule has 0 aromatic heterocycles. The Morgan fingerprint density at radius 1 is 1.32 bits per heavy atom. The van der Waals surface area contributed by atoms with Crippen LogP contribution < -0.4 is 5.32 Å². The van der Waals surface area contributed by atoms with E-state index in [9.17, 15) is 9.59 Å². The normalized spacial score (nSPS) is 14.8. The van der Waals surface area contributed by atoms with Gasteiger partial charge in [0.25, 0.3) is 5.91 Å². The van der Waals surface area contributed by atoms with Gasteiger partial charge in [-0.3, -0.25) is 4.79 Å². The number of rotatable bonds is 2. The molecule has 0 atom stereocenters. The molecule has 0 saturated carbocycles. The predicted molar refractivity (Wildman–Crippen MR) is 75.1 cm³/mol. The van der Waals surface area contributed by atoms with E-state index in [2.05, 4.69) is 21.2 Å². The maximum absolute atomic E-state index is 12.1. The minimum atomic E-state index is -1.00. The number of halogens is 1. The van der Waals surface area contributed by atoms with Crippen molar-refractivity contribution in [2.24, 2.45) is 0 Å². The van der Waals surface area contributed by atoms with Gasteiger partial charge in [0.1, 0.15) is 0 Å². The summed E-state index contributed by atoms with van der Waals surface area (Å²) in [4.78, 5) is 24.2. The van der Waals surface area contributed by atoms with Crippen LogP contribution in [0.3, 0.4) is 0 Å². The first kappa shape index (κ1) is 13.6. The molecule has 0 unspecified atom stereocenters. The third kappa shape index (κ3) is 3.35. The van der Waals surface area contributed by atoms with Crippen molar-refractivity contribution in [2.75, 3.05) is 18.4 Å². The van der Waals surface area contributed by atoms with Gasteiger partial charge in [0.2, 0.25) is 0 Å². The Labute approximate surface area is 119 Å². The quantitative estimate of drug-likeness (QED) is 0.878. The van der Waals surface area contributed by atoms with Gasteiger partial charge in [-0.05, 0) is 34.5 Å². The van der Waals surface area contributed by atoms with Crippen molar-refractivity contribution in [3.63, 3.8) is 0 Å². The lowest BCUT2D eigenvalue weighted by Crippen LogP contribution is -2.37. The van der Waals surface area contributed by atoms with Crippen LogP contribution in [0.2, 0.25) is 0 Å². The van der Waals surface area contributed by atoms with Gasteiger partial charge in [-0.1, -0.05) is 18.2 Å². The molecule has 2 amide bonds. The van der Waals surface area contributed by atoms with E-state index in [4.69, 9.17) is 5.11 Å². The van der Waals surface area contributed by atoms with Gasteiger partial charge in [0.05, 0.1) is 12.2 Å². The number of nitrogens with one attached hydrogen (secondary N) is 1. The molecule has 0 saturated heterocycles. The Kier molecular flexibility index (Phi) is 4.21. The predicted octanol–water partition coefficient (Wildman–Crippen LogP) is 2.70. The number of carbonyl (C=O) groups excluding carboxylic acids is 1. The SMILES string of the molecule is O=C(Nc1ccccc1Br)C1=CCCN(C(=O)O)C1. The van der Waals surface area contributed by atoms with E-state index >= 15 is 0 Å². The van der Waals surface area contributed by atoms with Crippen LogP contribution in [-0.4, -0.2) is 35.1 Å². The average Bonchev–Trinajstić information content (AvgIpc) is 2.41. The molecule has 2 rings (SSSR count). The molecule has 2 N–H and O–H groups in total. The molecule has 100 valence electrons. The molecule has 1 aromatic carbocycles. The second-order valence-electron chi connectivity index (χ2n) is 4.16. The van der Waals surface area contributed by atoms with E-state index in [1.54, 1.807) is 12.1 Å². The third-order valence-electron chi connectivity index (χ3n) is 2.84. The largest absolute Gasteiger partial charge is 0.465 e. The van der Waals surface area contributed by atoms with Crippen LogP contribution in [0.5, 0.6) is 0 Å². The minimum absolute atomic E-state index is 0.131. The number of hydrogen-bond acceptors (Lipinski definition) is 2. The summed E-state index contributed by atoms with van der Waals surface area (Å²) in [6.07, 6.45) is 1.34. The Hall–Kier alpha value is -1.82. The summed E-state index contributed by atoms with van der Waals surface area (Å²) in [6, 6.07) is 7.28. The molecule has 1 aromatic rings. The Bertz CT molecular complexity index is 542. The lowest BCUT2D eigenvalue weighted by molar-refractivity contribution is -0.113. The first-order valence-electron chi connectivity index (χ1n) is 5.80. The van der Waals surface area contributed by atoms with Gasteiger partial charge in [0.15, 0.2) is 0 Å². The number of carbonyl (C=O) groups is 2. The fraction of sp³-hybridized carbons (Fsp3) is 0.231. The standard InChI is InChI=1S/C13H13BrN2O3/c14-10-5-1-2-6-11(10)15-12(17)9-4-3-7-16(8-9)13(18)19/h1-2,4-6H,3,7-8H2,(H,15,17)(H,18,19). The van der Waals surface area contributed by atoms with E-state index in [-0.39, 0.29) is 12.5 Å². The van der Waals surface area contributed by atoms with Crippen LogP contribution in [0.25, 0.3) is 0 Å². The summed E-state index contributed by atoms with van der Waals surface area (Å²) < 4.78 is 0.787. The number of amides is 2. The van der Waals surface area contributed by atoms with Crippen LogP contribution in [-0.2, 0) is 4.79 Å². The van der Waals surface area contributed by atoms with Gasteiger partial charge in [-0.2, -0.15) is 0 Å². The van der Waals surface area contributed by atoms with E-state index in [1.807, 2.05) is 18.2 Å². The van der Waals surface area contributed by atoms with Gasteiger partial charge >= 0.3 is 6.09 Å². The number of nitrogens with zero attached hydrogens (tertiary/aromatic N) is 1. The fourth-order valence-corrected chi connectivity index (χ4v) is 2.22. The zero-order chi connectivity index (χ0) is 13.8. The molecule has 5 nitrogen and oxygen atoms in total. The summed E-state index contributed by atoms with van der Waals surface area (Å²) in [5.41, 5.74) is 1.14. The van der Waals surface area contributed by atoms with Crippen LogP contribution in [0.1, 0.15) is 6.42 Å². The van der Waals surface area contributed by atoms with Gasteiger partial charge < -0.3 is 15.3 Å². The number of carboxylic acid groups (broad SMARTS) is 1. The highest BCUT2D eigenvalue weighted by atomic mass is 79.9. The van der Waals surface area contributed by atoms with Crippen molar-refractivity contribution >= 4 is 33.6 Å². The van der Waals surface area contributed by atoms with Crippen molar-refractivity contribution in [2.45, 2.75) is 6.42 Å². The first-order valence-corrected chi connectivity index (χ1v) is 6.60. The third-order valence-corrected chi connectivity index (χ3v) is 3.53. The lowest BCUT2D eigenvalue weighted by atomic mass is 10.1. The summed E-state index contributed by atoms with van der Waals surface area (Å²) >= 11 is 3.35. The van der Waals surface area contributed by atoms with Crippen molar-refractivity contribution in [1.29, 1.82) is 0 Å². The number of hydrogen-bond donors (Lipinski definition) is 2. The zero-order valence-corrected chi connectivity index (χ0v) is 11.7. The molecular weight excluding hydrogens is 312 g/mol. The van der Waals surface area contributed by atoms with E-state index in [0.717, 1.165) is 4.47 Å². The summed E-state index contributed by atoms with van der Waals surface area (Å²) in [5, 5.41) is 11.7. The average molecular weight is 325 g/mol. The van der Waals surface area contributed by atoms with E-state index < -0.39 is 6.09 Å². The van der Waals surface area contributed by atoms with Gasteiger partial charge in [-0.15, -0.1) is 0 Å². The van der Waals surface area contributed by atoms with Crippen molar-refractivity contribution in [3.05, 3.63) is 40.4 Å². The number of anilines is 1. The summed E-state index contributed by atoms with van der Waals surface area (Å²) in [5.74, 6) is -0.266. The summed E-state index contributed by atoms with van der Waals surface area (Å²) in [7, 11) is 0. The molecule has 6 heteroatoms. The zero-order valence-electron chi connectivity index (χ0n) is 10.1. The monoisotopic (exact) mass is 324 g/mol. The summed E-state index contributed by atoms with van der Waals surface area (Å²) in [6.45, 7) is 0.562. The van der Waals surface area contributed by atoms with Crippen molar-refractivity contribution < 1.29 is 14.7 Å². The Balaban J connectivity index is 2.07. The maximum Gasteiger partial charge on any atom is 0.407 e. The minimum Gasteiger partial charge on any atom is -0.465 e. The van der Waals surface area contributed by atoms with Crippen molar-refractivity contribution in [3.8, 4) is 0 Å². The lowest BCUT2D eigenvalue weighted by Gasteiger charge is -2.24. The second-order valence-corrected chi connectivity index (χ2v) is 5.01. The van der Waals surface area contributed by atoms with Crippen molar-refractivity contribution in [1.82, 2.24) is 4.90 Å².